The van der Waals surface area contributed by atoms with Gasteiger partial charge < -0.3 is 19.5 Å². The summed E-state index contributed by atoms with van der Waals surface area (Å²) in [6, 6.07) is 3.24. The molecule has 3 rings (SSSR count). The highest BCUT2D eigenvalue weighted by Crippen LogP contribution is 2.24. The minimum absolute atomic E-state index is 0.0884. The Bertz CT molecular complexity index is 928. The number of amides is 1. The van der Waals surface area contributed by atoms with Crippen LogP contribution in [0.25, 0.3) is 0 Å². The van der Waals surface area contributed by atoms with Crippen LogP contribution in [0.2, 0.25) is 0 Å². The Hall–Kier alpha value is -3.30. The molecule has 186 valence electrons. The second-order valence-electron chi connectivity index (χ2n) is 8.56. The zero-order valence-electron chi connectivity index (χ0n) is 20.3. The topological polar surface area (TPSA) is 115 Å². The Morgan fingerprint density at radius 1 is 1.21 bits per heavy atom. The molecular formula is C24H33FN4O5. The fourth-order valence-corrected chi connectivity index (χ4v) is 3.11. The average Bonchev–Trinajstić information content (AvgIpc) is 3.14. The first-order chi connectivity index (χ1) is 16.0. The molecular weight excluding hydrogens is 443 g/mol. The van der Waals surface area contributed by atoms with Gasteiger partial charge in [0.25, 0.3) is 5.91 Å². The number of nitrogens with zero attached hydrogens (tertiary/aromatic N) is 4. The number of anilines is 1. The van der Waals surface area contributed by atoms with Gasteiger partial charge in [0, 0.05) is 19.0 Å². The van der Waals surface area contributed by atoms with E-state index in [1.54, 1.807) is 36.4 Å². The molecule has 0 radical (unpaired) electrons. The number of pyridine rings is 1. The number of aliphatic carboxylic acids is 1. The van der Waals surface area contributed by atoms with Crippen molar-refractivity contribution in [3.8, 4) is 11.6 Å². The number of aromatic nitrogens is 3. The van der Waals surface area contributed by atoms with Gasteiger partial charge in [0.2, 0.25) is 5.88 Å². The summed E-state index contributed by atoms with van der Waals surface area (Å²) in [5.41, 5.74) is -0.779. The van der Waals surface area contributed by atoms with Crippen LogP contribution in [0.15, 0.2) is 30.7 Å². The first-order valence-corrected chi connectivity index (χ1v) is 11.3. The first-order valence-electron chi connectivity index (χ1n) is 11.3. The van der Waals surface area contributed by atoms with Crippen LogP contribution in [-0.4, -0.2) is 56.9 Å². The van der Waals surface area contributed by atoms with Gasteiger partial charge in [-0.25, -0.2) is 19.3 Å². The zero-order valence-corrected chi connectivity index (χ0v) is 20.3. The van der Waals surface area contributed by atoms with E-state index in [0.29, 0.717) is 36.1 Å². The Morgan fingerprint density at radius 3 is 2.32 bits per heavy atom. The minimum Gasteiger partial charge on any atom is -0.481 e. The number of alkyl halides is 1. The van der Waals surface area contributed by atoms with E-state index in [1.807, 2.05) is 13.8 Å². The van der Waals surface area contributed by atoms with E-state index in [-0.39, 0.29) is 18.4 Å². The predicted octanol–water partition coefficient (Wildman–Crippen LogP) is 4.00. The number of hydrogen-bond acceptors (Lipinski definition) is 7. The van der Waals surface area contributed by atoms with E-state index in [0.717, 1.165) is 12.8 Å². The number of rotatable bonds is 9. The van der Waals surface area contributed by atoms with E-state index < -0.39 is 17.7 Å². The molecule has 0 saturated carbocycles. The smallest absolute Gasteiger partial charge is 0.306 e. The summed E-state index contributed by atoms with van der Waals surface area (Å²) in [6.45, 7) is 8.88. The summed E-state index contributed by atoms with van der Waals surface area (Å²) in [7, 11) is 0. The summed E-state index contributed by atoms with van der Waals surface area (Å²) in [4.78, 5) is 36.6. The second-order valence-corrected chi connectivity index (χ2v) is 8.56. The monoisotopic (exact) mass is 476 g/mol. The SMILES string of the molecule is CCC(CC)C(=O)O.Cc1ncc(N2CC[C@@H](Oc3ccc(OCC(C)(C)F)nc3)C2=O)cn1. The third-order valence-corrected chi connectivity index (χ3v) is 5.12. The molecule has 1 amide bonds. The van der Waals surface area contributed by atoms with Crippen LogP contribution in [0.1, 0.15) is 52.8 Å². The molecule has 0 unspecified atom stereocenters. The van der Waals surface area contributed by atoms with Gasteiger partial charge in [-0.3, -0.25) is 9.59 Å². The Labute approximate surface area is 199 Å². The van der Waals surface area contributed by atoms with Crippen molar-refractivity contribution in [1.82, 2.24) is 15.0 Å². The molecule has 0 aliphatic carbocycles. The molecule has 1 fully saturated rings. The van der Waals surface area contributed by atoms with E-state index in [4.69, 9.17) is 14.6 Å². The normalized spacial score (nSPS) is 15.7. The first kappa shape index (κ1) is 26.9. The lowest BCUT2D eigenvalue weighted by molar-refractivity contribution is -0.141. The van der Waals surface area contributed by atoms with Crippen LogP contribution in [0.5, 0.6) is 11.6 Å². The molecule has 2 aromatic rings. The molecule has 9 nitrogen and oxygen atoms in total. The fraction of sp³-hybridized carbons (Fsp3) is 0.542. The maximum atomic E-state index is 13.4. The molecule has 3 heterocycles. The molecule has 0 spiro atoms. The van der Waals surface area contributed by atoms with Gasteiger partial charge in [0.15, 0.2) is 6.10 Å². The quantitative estimate of drug-likeness (QED) is 0.578. The molecule has 1 saturated heterocycles. The lowest BCUT2D eigenvalue weighted by Crippen LogP contribution is -2.32. The van der Waals surface area contributed by atoms with Crippen molar-refractivity contribution in [3.63, 3.8) is 0 Å². The highest BCUT2D eigenvalue weighted by atomic mass is 19.1. The largest absolute Gasteiger partial charge is 0.481 e. The van der Waals surface area contributed by atoms with Gasteiger partial charge in [-0.2, -0.15) is 0 Å². The van der Waals surface area contributed by atoms with E-state index >= 15 is 0 Å². The van der Waals surface area contributed by atoms with E-state index in [2.05, 4.69) is 15.0 Å². The third-order valence-electron chi connectivity index (χ3n) is 5.12. The molecule has 10 heteroatoms. The van der Waals surface area contributed by atoms with Gasteiger partial charge in [-0.05, 0) is 39.7 Å². The van der Waals surface area contributed by atoms with Crippen molar-refractivity contribution in [1.29, 1.82) is 0 Å². The lowest BCUT2D eigenvalue weighted by atomic mass is 10.1. The zero-order chi connectivity index (χ0) is 25.3. The van der Waals surface area contributed by atoms with Gasteiger partial charge in [0.05, 0.1) is 30.2 Å². The van der Waals surface area contributed by atoms with Gasteiger partial charge in [0.1, 0.15) is 23.8 Å². The number of carbonyl (C=O) groups is 2. The summed E-state index contributed by atoms with van der Waals surface area (Å²) >= 11 is 0. The molecule has 0 bridgehead atoms. The van der Waals surface area contributed by atoms with Crippen LogP contribution in [-0.2, 0) is 9.59 Å². The van der Waals surface area contributed by atoms with E-state index in [9.17, 15) is 14.0 Å². The predicted molar refractivity (Wildman–Crippen MR) is 125 cm³/mol. The van der Waals surface area contributed by atoms with Crippen molar-refractivity contribution >= 4 is 17.6 Å². The van der Waals surface area contributed by atoms with Crippen molar-refractivity contribution in [2.75, 3.05) is 18.1 Å². The molecule has 34 heavy (non-hydrogen) atoms. The number of aryl methyl sites for hydroxylation is 1. The molecule has 1 atom stereocenters. The van der Waals surface area contributed by atoms with Crippen molar-refractivity contribution in [2.24, 2.45) is 5.92 Å². The summed E-state index contributed by atoms with van der Waals surface area (Å²) in [5.74, 6) is 0.469. The third kappa shape index (κ3) is 8.24. The van der Waals surface area contributed by atoms with Crippen molar-refractivity contribution in [2.45, 2.75) is 65.7 Å². The number of hydrogen-bond donors (Lipinski definition) is 1. The molecule has 1 aliphatic heterocycles. The molecule has 2 aromatic heterocycles. The highest BCUT2D eigenvalue weighted by Gasteiger charge is 2.34. The molecule has 0 aromatic carbocycles. The van der Waals surface area contributed by atoms with E-state index in [1.165, 1.54) is 20.0 Å². The number of ether oxygens (including phenoxy) is 2. The van der Waals surface area contributed by atoms with Crippen LogP contribution >= 0.6 is 0 Å². The number of carboxylic acids is 1. The van der Waals surface area contributed by atoms with Crippen LogP contribution in [0.3, 0.4) is 0 Å². The van der Waals surface area contributed by atoms with Crippen molar-refractivity contribution in [3.05, 3.63) is 36.5 Å². The Kier molecular flexibility index (Phi) is 9.70. The van der Waals surface area contributed by atoms with Crippen LogP contribution < -0.4 is 14.4 Å². The summed E-state index contributed by atoms with van der Waals surface area (Å²) in [5, 5.41) is 8.37. The Balaban J connectivity index is 0.000000440. The summed E-state index contributed by atoms with van der Waals surface area (Å²) < 4.78 is 24.4. The Morgan fingerprint density at radius 2 is 1.85 bits per heavy atom. The van der Waals surface area contributed by atoms with Crippen LogP contribution in [0.4, 0.5) is 10.1 Å². The number of halogens is 1. The van der Waals surface area contributed by atoms with Crippen molar-refractivity contribution < 1.29 is 28.6 Å². The van der Waals surface area contributed by atoms with Gasteiger partial charge in [-0.1, -0.05) is 13.8 Å². The lowest BCUT2D eigenvalue weighted by Gasteiger charge is -2.17. The van der Waals surface area contributed by atoms with Crippen LogP contribution in [0, 0.1) is 12.8 Å². The maximum Gasteiger partial charge on any atom is 0.306 e. The summed E-state index contributed by atoms with van der Waals surface area (Å²) in [6.07, 6.45) is 6.17. The second kappa shape index (κ2) is 12.2. The van der Waals surface area contributed by atoms with Gasteiger partial charge >= 0.3 is 5.97 Å². The minimum atomic E-state index is -1.43. The number of carbonyl (C=O) groups excluding carboxylic acids is 1. The molecule has 1 aliphatic rings. The molecule has 1 N–H and O–H groups in total. The standard InChI is InChI=1S/C18H21FN4O3.C6H12O2/c1-12-20-8-13(9-21-12)23-7-6-15(17(23)24)26-14-4-5-16(22-10-14)25-11-18(2,3)19;1-3-5(4-2)6(7)8/h4-5,8-10,15H,6-7,11H2,1-3H3;5H,3-4H2,1-2H3,(H,7,8)/t15-;/m1./s1. The fourth-order valence-electron chi connectivity index (χ4n) is 3.11. The highest BCUT2D eigenvalue weighted by molar-refractivity contribution is 5.98. The maximum absolute atomic E-state index is 13.4. The average molecular weight is 477 g/mol. The van der Waals surface area contributed by atoms with Gasteiger partial charge in [-0.15, -0.1) is 0 Å². The number of carboxylic acid groups (broad SMARTS) is 1.